The van der Waals surface area contributed by atoms with Gasteiger partial charge in [0.2, 0.25) is 0 Å². The molecule has 0 atom stereocenters. The fraction of sp³-hybridized carbons (Fsp3) is 0.176. The van der Waals surface area contributed by atoms with Gasteiger partial charge in [0.15, 0.2) is 0 Å². The molecule has 1 N–H and O–H groups in total. The Bertz CT molecular complexity index is 830. The predicted molar refractivity (Wildman–Crippen MR) is 94.7 cm³/mol. The molecular weight excluding hydrogens is 322 g/mol. The Balaban J connectivity index is 1.77. The lowest BCUT2D eigenvalue weighted by Gasteiger charge is -2.07. The fourth-order valence-corrected chi connectivity index (χ4v) is 2.85. The first-order valence-electron chi connectivity index (χ1n) is 7.54. The van der Waals surface area contributed by atoms with Crippen molar-refractivity contribution in [2.75, 3.05) is 11.1 Å². The van der Waals surface area contributed by atoms with Gasteiger partial charge < -0.3 is 5.32 Å². The van der Waals surface area contributed by atoms with Crippen molar-refractivity contribution in [1.82, 2.24) is 19.7 Å². The molecule has 0 saturated heterocycles. The van der Waals surface area contributed by atoms with Gasteiger partial charge in [-0.3, -0.25) is 9.78 Å². The van der Waals surface area contributed by atoms with Crippen LogP contribution in [0.25, 0.3) is 5.69 Å². The molecule has 0 aromatic carbocycles. The molecule has 3 aromatic rings. The Morgan fingerprint density at radius 2 is 2.00 bits per heavy atom. The summed E-state index contributed by atoms with van der Waals surface area (Å²) in [6.07, 6.45) is 6.62. The topological polar surface area (TPSA) is 72.7 Å². The number of rotatable bonds is 5. The molecule has 7 heteroatoms. The van der Waals surface area contributed by atoms with Gasteiger partial charge in [-0.2, -0.15) is 5.10 Å². The molecule has 3 rings (SSSR count). The number of nitrogens with zero attached hydrogens (tertiary/aromatic N) is 4. The lowest BCUT2D eigenvalue weighted by Crippen LogP contribution is -2.13. The van der Waals surface area contributed by atoms with E-state index in [2.05, 4.69) is 27.3 Å². The zero-order valence-electron chi connectivity index (χ0n) is 13.4. The van der Waals surface area contributed by atoms with Gasteiger partial charge >= 0.3 is 0 Å². The number of nitrogens with one attached hydrogen (secondary N) is 1. The van der Waals surface area contributed by atoms with Crippen LogP contribution in [0.1, 0.15) is 23.0 Å². The quantitative estimate of drug-likeness (QED) is 0.722. The average Bonchev–Trinajstić information content (AvgIpc) is 2.99. The highest BCUT2D eigenvalue weighted by molar-refractivity contribution is 7.99. The van der Waals surface area contributed by atoms with Crippen LogP contribution in [-0.4, -0.2) is 31.4 Å². The van der Waals surface area contributed by atoms with Crippen LogP contribution in [0, 0.1) is 6.92 Å². The summed E-state index contributed by atoms with van der Waals surface area (Å²) in [5.41, 5.74) is 2.82. The van der Waals surface area contributed by atoms with Gasteiger partial charge in [0.25, 0.3) is 5.91 Å². The van der Waals surface area contributed by atoms with E-state index in [1.807, 2.05) is 31.2 Å². The largest absolute Gasteiger partial charge is 0.320 e. The normalized spacial score (nSPS) is 10.6. The number of amides is 1. The van der Waals surface area contributed by atoms with E-state index in [0.717, 1.165) is 22.2 Å². The molecule has 0 unspecified atom stereocenters. The van der Waals surface area contributed by atoms with Crippen LogP contribution in [0.5, 0.6) is 0 Å². The molecule has 122 valence electrons. The third kappa shape index (κ3) is 3.46. The third-order valence-electron chi connectivity index (χ3n) is 3.45. The Kier molecular flexibility index (Phi) is 4.90. The molecule has 6 nitrogen and oxygen atoms in total. The summed E-state index contributed by atoms with van der Waals surface area (Å²) in [5.74, 6) is 0.761. The van der Waals surface area contributed by atoms with E-state index in [9.17, 15) is 4.79 Å². The molecule has 0 aliphatic rings. The molecule has 0 bridgehead atoms. The van der Waals surface area contributed by atoms with Crippen LogP contribution in [0.2, 0.25) is 0 Å². The molecule has 3 heterocycles. The van der Waals surface area contributed by atoms with E-state index in [4.69, 9.17) is 0 Å². The SMILES string of the molecule is CCSc1ccc(NC(=O)c2cnn(-c3ccncc3)c2C)cn1. The van der Waals surface area contributed by atoms with Crippen molar-refractivity contribution in [3.8, 4) is 5.69 Å². The maximum Gasteiger partial charge on any atom is 0.259 e. The molecule has 0 radical (unpaired) electrons. The van der Waals surface area contributed by atoms with Crippen molar-refractivity contribution in [3.05, 3.63) is 60.3 Å². The van der Waals surface area contributed by atoms with Gasteiger partial charge in [0.1, 0.15) is 0 Å². The van der Waals surface area contributed by atoms with Crippen LogP contribution < -0.4 is 5.32 Å². The number of pyridine rings is 2. The Hall–Kier alpha value is -2.67. The fourth-order valence-electron chi connectivity index (χ4n) is 2.26. The van der Waals surface area contributed by atoms with Crippen LogP contribution in [0.15, 0.2) is 54.1 Å². The number of hydrogen-bond acceptors (Lipinski definition) is 5. The number of hydrogen-bond donors (Lipinski definition) is 1. The average molecular weight is 339 g/mol. The molecule has 0 spiro atoms. The molecule has 24 heavy (non-hydrogen) atoms. The van der Waals surface area contributed by atoms with Crippen molar-refractivity contribution in [2.45, 2.75) is 18.9 Å². The molecule has 3 aromatic heterocycles. The zero-order valence-corrected chi connectivity index (χ0v) is 14.2. The maximum absolute atomic E-state index is 12.5. The molecule has 0 aliphatic carbocycles. The predicted octanol–water partition coefficient (Wildman–Crippen LogP) is 3.34. The second-order valence-electron chi connectivity index (χ2n) is 5.03. The van der Waals surface area contributed by atoms with E-state index in [0.29, 0.717) is 11.3 Å². The van der Waals surface area contributed by atoms with Gasteiger partial charge in [-0.25, -0.2) is 9.67 Å². The molecule has 0 fully saturated rings. The summed E-state index contributed by atoms with van der Waals surface area (Å²) < 4.78 is 1.72. The first-order valence-corrected chi connectivity index (χ1v) is 8.53. The molecule has 0 aliphatic heterocycles. The summed E-state index contributed by atoms with van der Waals surface area (Å²) in [5, 5.41) is 8.09. The minimum Gasteiger partial charge on any atom is -0.320 e. The number of carbonyl (C=O) groups is 1. The minimum absolute atomic E-state index is 0.203. The van der Waals surface area contributed by atoms with E-state index in [-0.39, 0.29) is 5.91 Å². The number of thioether (sulfide) groups is 1. The van der Waals surface area contributed by atoms with E-state index in [1.165, 1.54) is 0 Å². The summed E-state index contributed by atoms with van der Waals surface area (Å²) in [7, 11) is 0. The first-order chi connectivity index (χ1) is 11.7. The van der Waals surface area contributed by atoms with Crippen LogP contribution in [-0.2, 0) is 0 Å². The highest BCUT2D eigenvalue weighted by Gasteiger charge is 2.15. The highest BCUT2D eigenvalue weighted by Crippen LogP contribution is 2.18. The number of aromatic nitrogens is 4. The van der Waals surface area contributed by atoms with Crippen molar-refractivity contribution >= 4 is 23.4 Å². The van der Waals surface area contributed by atoms with Crippen LogP contribution >= 0.6 is 11.8 Å². The number of anilines is 1. The van der Waals surface area contributed by atoms with E-state index < -0.39 is 0 Å². The molecular formula is C17H17N5OS. The third-order valence-corrected chi connectivity index (χ3v) is 4.27. The van der Waals surface area contributed by atoms with Crippen molar-refractivity contribution in [1.29, 1.82) is 0 Å². The Morgan fingerprint density at radius 1 is 1.21 bits per heavy atom. The summed E-state index contributed by atoms with van der Waals surface area (Å²) in [6.45, 7) is 3.94. The van der Waals surface area contributed by atoms with Gasteiger partial charge in [0.05, 0.1) is 40.1 Å². The first kappa shape index (κ1) is 16.2. The minimum atomic E-state index is -0.203. The van der Waals surface area contributed by atoms with Crippen molar-refractivity contribution in [2.24, 2.45) is 0 Å². The Morgan fingerprint density at radius 3 is 2.67 bits per heavy atom. The van der Waals surface area contributed by atoms with E-state index in [1.54, 1.807) is 41.2 Å². The lowest BCUT2D eigenvalue weighted by molar-refractivity contribution is 0.102. The second-order valence-corrected chi connectivity index (χ2v) is 6.32. The lowest BCUT2D eigenvalue weighted by atomic mass is 10.2. The standard InChI is InChI=1S/C17H17N5OS/c1-3-24-16-5-4-13(10-19-16)21-17(23)15-11-20-22(12(15)2)14-6-8-18-9-7-14/h4-11H,3H2,1-2H3,(H,21,23). The Labute approximate surface area is 144 Å². The second kappa shape index (κ2) is 7.27. The number of carbonyl (C=O) groups excluding carboxylic acids is 1. The zero-order chi connectivity index (χ0) is 16.9. The summed E-state index contributed by atoms with van der Waals surface area (Å²) in [4.78, 5) is 20.8. The van der Waals surface area contributed by atoms with Gasteiger partial charge in [-0.15, -0.1) is 11.8 Å². The smallest absolute Gasteiger partial charge is 0.259 e. The van der Waals surface area contributed by atoms with Crippen molar-refractivity contribution in [3.63, 3.8) is 0 Å². The summed E-state index contributed by atoms with van der Waals surface area (Å²) >= 11 is 1.66. The van der Waals surface area contributed by atoms with Gasteiger partial charge in [-0.05, 0) is 36.9 Å². The highest BCUT2D eigenvalue weighted by atomic mass is 32.2. The van der Waals surface area contributed by atoms with Crippen LogP contribution in [0.3, 0.4) is 0 Å². The van der Waals surface area contributed by atoms with Gasteiger partial charge in [-0.1, -0.05) is 6.92 Å². The van der Waals surface area contributed by atoms with Crippen LogP contribution in [0.4, 0.5) is 5.69 Å². The van der Waals surface area contributed by atoms with Gasteiger partial charge in [0, 0.05) is 12.4 Å². The van der Waals surface area contributed by atoms with E-state index >= 15 is 0 Å². The molecule has 0 saturated carbocycles. The molecule has 1 amide bonds. The maximum atomic E-state index is 12.5. The summed E-state index contributed by atoms with van der Waals surface area (Å²) in [6, 6.07) is 7.44. The van der Waals surface area contributed by atoms with Crippen molar-refractivity contribution < 1.29 is 4.79 Å². The monoisotopic (exact) mass is 339 g/mol.